The van der Waals surface area contributed by atoms with Crippen molar-refractivity contribution in [1.82, 2.24) is 15.0 Å². The zero-order valence-electron chi connectivity index (χ0n) is 7.13. The van der Waals surface area contributed by atoms with E-state index in [2.05, 4.69) is 10.3 Å². The van der Waals surface area contributed by atoms with Gasteiger partial charge in [-0.05, 0) is 18.8 Å². The van der Waals surface area contributed by atoms with Gasteiger partial charge < -0.3 is 10.1 Å². The lowest BCUT2D eigenvalue weighted by molar-refractivity contribution is -0.389. The van der Waals surface area contributed by atoms with Gasteiger partial charge in [0, 0.05) is 0 Å². The Labute approximate surface area is 73.7 Å². The molecule has 13 heavy (non-hydrogen) atoms. The Balaban J connectivity index is 3.29. The Hall–Kier alpha value is -1.97. The highest BCUT2D eigenvalue weighted by molar-refractivity contribution is 5.36. The second kappa shape index (κ2) is 3.18. The standard InChI is InChI=1S/C6H7N5O2/c1-4(2)10-5(3-7)6(8-9-10)11(12)13/h4H,1-2H3. The zero-order chi connectivity index (χ0) is 10.0. The summed E-state index contributed by atoms with van der Waals surface area (Å²) in [7, 11) is 0. The fourth-order valence-corrected chi connectivity index (χ4v) is 0.871. The van der Waals surface area contributed by atoms with Crippen LogP contribution in [0.15, 0.2) is 0 Å². The molecule has 0 aliphatic carbocycles. The molecule has 68 valence electrons. The van der Waals surface area contributed by atoms with Gasteiger partial charge in [0.1, 0.15) is 11.2 Å². The number of hydrogen-bond acceptors (Lipinski definition) is 5. The van der Waals surface area contributed by atoms with Crippen LogP contribution >= 0.6 is 0 Å². The van der Waals surface area contributed by atoms with Crippen molar-refractivity contribution in [1.29, 1.82) is 5.26 Å². The van der Waals surface area contributed by atoms with Crippen LogP contribution < -0.4 is 0 Å². The van der Waals surface area contributed by atoms with Crippen LogP contribution in [-0.2, 0) is 0 Å². The third kappa shape index (κ3) is 1.46. The van der Waals surface area contributed by atoms with Crippen LogP contribution in [0.25, 0.3) is 0 Å². The fraction of sp³-hybridized carbons (Fsp3) is 0.500. The molecule has 1 aromatic rings. The first-order valence-electron chi connectivity index (χ1n) is 3.57. The Kier molecular flexibility index (Phi) is 2.23. The molecule has 1 rings (SSSR count). The van der Waals surface area contributed by atoms with Crippen molar-refractivity contribution in [2.75, 3.05) is 0 Å². The molecule has 0 aliphatic heterocycles. The summed E-state index contributed by atoms with van der Waals surface area (Å²) >= 11 is 0. The average Bonchev–Trinajstić information content (AvgIpc) is 2.46. The number of hydrogen-bond donors (Lipinski definition) is 0. The first-order valence-corrected chi connectivity index (χ1v) is 3.57. The minimum absolute atomic E-state index is 0.111. The Bertz CT molecular complexity index is 375. The molecular weight excluding hydrogens is 174 g/mol. The molecule has 0 atom stereocenters. The molecule has 0 aliphatic rings. The van der Waals surface area contributed by atoms with Gasteiger partial charge in [-0.15, -0.1) is 0 Å². The number of rotatable bonds is 2. The van der Waals surface area contributed by atoms with Gasteiger partial charge in [0.25, 0.3) is 0 Å². The van der Waals surface area contributed by atoms with Crippen molar-refractivity contribution in [3.63, 3.8) is 0 Å². The quantitative estimate of drug-likeness (QED) is 0.492. The molecule has 7 nitrogen and oxygen atoms in total. The highest BCUT2D eigenvalue weighted by atomic mass is 16.6. The van der Waals surface area contributed by atoms with E-state index in [4.69, 9.17) is 5.26 Å². The first kappa shape index (κ1) is 9.12. The summed E-state index contributed by atoms with van der Waals surface area (Å²) in [5, 5.41) is 25.8. The lowest BCUT2D eigenvalue weighted by Gasteiger charge is -2.01. The van der Waals surface area contributed by atoms with Gasteiger partial charge in [0.2, 0.25) is 5.69 Å². The lowest BCUT2D eigenvalue weighted by Crippen LogP contribution is -2.05. The van der Waals surface area contributed by atoms with E-state index in [1.807, 2.05) is 0 Å². The molecule has 1 aromatic heterocycles. The molecule has 0 amide bonds. The van der Waals surface area contributed by atoms with Crippen LogP contribution in [0, 0.1) is 21.4 Å². The molecule has 0 N–H and O–H groups in total. The Morgan fingerprint density at radius 3 is 2.69 bits per heavy atom. The predicted octanol–water partition coefficient (Wildman–Crippen LogP) is 0.639. The summed E-state index contributed by atoms with van der Waals surface area (Å²) in [5.74, 6) is -0.490. The molecule has 0 saturated heterocycles. The van der Waals surface area contributed by atoms with E-state index in [0.29, 0.717) is 0 Å². The van der Waals surface area contributed by atoms with Crippen molar-refractivity contribution in [3.05, 3.63) is 15.8 Å². The molecule has 0 spiro atoms. The largest absolute Gasteiger partial charge is 0.428 e. The van der Waals surface area contributed by atoms with Crippen molar-refractivity contribution >= 4 is 5.82 Å². The number of aromatic nitrogens is 3. The molecule has 0 fully saturated rings. The van der Waals surface area contributed by atoms with Gasteiger partial charge in [-0.25, -0.2) is 4.68 Å². The highest BCUT2D eigenvalue weighted by Crippen LogP contribution is 2.16. The molecule has 0 unspecified atom stereocenters. The normalized spacial score (nSPS) is 10.0. The number of nitrogens with zero attached hydrogens (tertiary/aromatic N) is 5. The molecule has 0 radical (unpaired) electrons. The van der Waals surface area contributed by atoms with Gasteiger partial charge in [0.05, 0.1) is 11.3 Å². The van der Waals surface area contributed by atoms with E-state index in [1.165, 1.54) is 4.68 Å². The van der Waals surface area contributed by atoms with E-state index in [0.717, 1.165) is 0 Å². The SMILES string of the molecule is CC(C)n1nnc([N+](=O)[O-])c1C#N. The summed E-state index contributed by atoms with van der Waals surface area (Å²) in [6.07, 6.45) is 0. The van der Waals surface area contributed by atoms with Gasteiger partial charge in [-0.1, -0.05) is 0 Å². The van der Waals surface area contributed by atoms with E-state index in [9.17, 15) is 10.1 Å². The van der Waals surface area contributed by atoms with Gasteiger partial charge in [0.15, 0.2) is 0 Å². The van der Waals surface area contributed by atoms with E-state index in [1.54, 1.807) is 19.9 Å². The molecule has 0 saturated carbocycles. The topological polar surface area (TPSA) is 97.6 Å². The summed E-state index contributed by atoms with van der Waals surface area (Å²) in [6, 6.07) is 1.59. The number of nitriles is 1. The third-order valence-corrected chi connectivity index (χ3v) is 1.44. The van der Waals surface area contributed by atoms with E-state index >= 15 is 0 Å². The highest BCUT2D eigenvalue weighted by Gasteiger charge is 2.24. The molecular formula is C6H7N5O2. The summed E-state index contributed by atoms with van der Waals surface area (Å²) < 4.78 is 1.22. The van der Waals surface area contributed by atoms with Crippen LogP contribution in [0.4, 0.5) is 5.82 Å². The minimum atomic E-state index is -0.718. The summed E-state index contributed by atoms with van der Waals surface area (Å²) in [6.45, 7) is 3.53. The number of nitro groups is 1. The van der Waals surface area contributed by atoms with E-state index < -0.39 is 10.7 Å². The van der Waals surface area contributed by atoms with Crippen LogP contribution in [-0.4, -0.2) is 19.9 Å². The van der Waals surface area contributed by atoms with Crippen molar-refractivity contribution in [3.8, 4) is 6.07 Å². The summed E-state index contributed by atoms with van der Waals surface area (Å²) in [5.41, 5.74) is -0.111. The third-order valence-electron chi connectivity index (χ3n) is 1.44. The van der Waals surface area contributed by atoms with Crippen LogP contribution in [0.3, 0.4) is 0 Å². The molecule has 0 aromatic carbocycles. The van der Waals surface area contributed by atoms with E-state index in [-0.39, 0.29) is 11.7 Å². The Morgan fingerprint density at radius 1 is 1.69 bits per heavy atom. The van der Waals surface area contributed by atoms with Crippen LogP contribution in [0.1, 0.15) is 25.6 Å². The minimum Gasteiger partial charge on any atom is -0.358 e. The van der Waals surface area contributed by atoms with Crippen molar-refractivity contribution in [2.45, 2.75) is 19.9 Å². The summed E-state index contributed by atoms with van der Waals surface area (Å²) in [4.78, 5) is 9.64. The molecule has 0 bridgehead atoms. The monoisotopic (exact) mass is 181 g/mol. The van der Waals surface area contributed by atoms with Crippen LogP contribution in [0.2, 0.25) is 0 Å². The maximum atomic E-state index is 10.4. The van der Waals surface area contributed by atoms with Gasteiger partial charge in [-0.2, -0.15) is 5.26 Å². The van der Waals surface area contributed by atoms with Crippen LogP contribution in [0.5, 0.6) is 0 Å². The molecule has 1 heterocycles. The maximum Gasteiger partial charge on any atom is 0.428 e. The van der Waals surface area contributed by atoms with Crippen molar-refractivity contribution in [2.24, 2.45) is 0 Å². The second-order valence-electron chi connectivity index (χ2n) is 2.67. The fourth-order valence-electron chi connectivity index (χ4n) is 0.871. The van der Waals surface area contributed by atoms with Gasteiger partial charge in [-0.3, -0.25) is 0 Å². The predicted molar refractivity (Wildman–Crippen MR) is 41.8 cm³/mol. The van der Waals surface area contributed by atoms with Gasteiger partial charge >= 0.3 is 5.82 Å². The second-order valence-corrected chi connectivity index (χ2v) is 2.67. The zero-order valence-corrected chi connectivity index (χ0v) is 7.13. The lowest BCUT2D eigenvalue weighted by atomic mass is 10.3. The average molecular weight is 181 g/mol. The maximum absolute atomic E-state index is 10.4. The van der Waals surface area contributed by atoms with Crippen molar-refractivity contribution < 1.29 is 4.92 Å². The first-order chi connectivity index (χ1) is 6.07. The Morgan fingerprint density at radius 2 is 2.31 bits per heavy atom. The molecule has 7 heteroatoms. The smallest absolute Gasteiger partial charge is 0.358 e.